The summed E-state index contributed by atoms with van der Waals surface area (Å²) in [4.78, 5) is 18.4. The first-order valence-electron chi connectivity index (χ1n) is 6.01. The quantitative estimate of drug-likeness (QED) is 0.926. The Kier molecular flexibility index (Phi) is 3.74. The molecular formula is C14H14F2N2O. The Morgan fingerprint density at radius 1 is 1.21 bits per heavy atom. The maximum Gasteiger partial charge on any atom is 0.251 e. The van der Waals surface area contributed by atoms with Gasteiger partial charge in [0.1, 0.15) is 5.82 Å². The van der Waals surface area contributed by atoms with Crippen molar-refractivity contribution in [3.8, 4) is 11.4 Å². The van der Waals surface area contributed by atoms with E-state index in [0.29, 0.717) is 23.6 Å². The third kappa shape index (κ3) is 3.24. The summed E-state index contributed by atoms with van der Waals surface area (Å²) in [6.07, 6.45) is 0.653. The first-order chi connectivity index (χ1) is 8.95. The van der Waals surface area contributed by atoms with Crippen molar-refractivity contribution < 1.29 is 8.78 Å². The SMILES string of the molecule is CC(C)Cc1cc(=O)[nH]c(-c2ccc(F)c(F)c2)n1. The van der Waals surface area contributed by atoms with E-state index in [4.69, 9.17) is 0 Å². The molecule has 0 saturated heterocycles. The summed E-state index contributed by atoms with van der Waals surface area (Å²) in [5.41, 5.74) is 0.686. The van der Waals surface area contributed by atoms with Gasteiger partial charge in [-0.25, -0.2) is 13.8 Å². The maximum atomic E-state index is 13.2. The highest BCUT2D eigenvalue weighted by atomic mass is 19.2. The average molecular weight is 264 g/mol. The molecule has 0 bridgehead atoms. The summed E-state index contributed by atoms with van der Waals surface area (Å²) < 4.78 is 26.1. The highest BCUT2D eigenvalue weighted by Gasteiger charge is 2.09. The van der Waals surface area contributed by atoms with Crippen LogP contribution in [-0.4, -0.2) is 9.97 Å². The molecule has 1 heterocycles. The summed E-state index contributed by atoms with van der Waals surface area (Å²) in [5.74, 6) is -1.28. The molecule has 0 unspecified atom stereocenters. The van der Waals surface area contributed by atoms with Gasteiger partial charge in [-0.05, 0) is 30.5 Å². The van der Waals surface area contributed by atoms with E-state index in [-0.39, 0.29) is 11.4 Å². The fourth-order valence-corrected chi connectivity index (χ4v) is 1.81. The van der Waals surface area contributed by atoms with Crippen molar-refractivity contribution in [2.45, 2.75) is 20.3 Å². The lowest BCUT2D eigenvalue weighted by Crippen LogP contribution is -2.12. The van der Waals surface area contributed by atoms with Gasteiger partial charge in [-0.2, -0.15) is 0 Å². The Bertz CT molecular complexity index is 650. The standard InChI is InChI=1S/C14H14F2N2O/c1-8(2)5-10-7-13(19)18-14(17-10)9-3-4-11(15)12(16)6-9/h3-4,6-8H,5H2,1-2H3,(H,17,18,19). The van der Waals surface area contributed by atoms with E-state index < -0.39 is 11.6 Å². The van der Waals surface area contributed by atoms with E-state index in [1.807, 2.05) is 13.8 Å². The zero-order chi connectivity index (χ0) is 14.0. The minimum atomic E-state index is -0.964. The van der Waals surface area contributed by atoms with Crippen molar-refractivity contribution in [3.05, 3.63) is 51.9 Å². The second kappa shape index (κ2) is 5.30. The van der Waals surface area contributed by atoms with Crippen LogP contribution in [0.5, 0.6) is 0 Å². The molecule has 0 aliphatic carbocycles. The molecule has 100 valence electrons. The van der Waals surface area contributed by atoms with Gasteiger partial charge >= 0.3 is 0 Å². The molecule has 3 nitrogen and oxygen atoms in total. The van der Waals surface area contributed by atoms with Crippen LogP contribution < -0.4 is 5.56 Å². The molecule has 0 radical (unpaired) electrons. The third-order valence-corrected chi connectivity index (χ3v) is 2.61. The van der Waals surface area contributed by atoms with Gasteiger partial charge in [0.2, 0.25) is 0 Å². The van der Waals surface area contributed by atoms with Gasteiger partial charge in [-0.1, -0.05) is 13.8 Å². The van der Waals surface area contributed by atoms with Crippen molar-refractivity contribution in [2.75, 3.05) is 0 Å². The molecule has 0 amide bonds. The van der Waals surface area contributed by atoms with Crippen molar-refractivity contribution in [2.24, 2.45) is 5.92 Å². The van der Waals surface area contributed by atoms with Crippen LogP contribution in [-0.2, 0) is 6.42 Å². The summed E-state index contributed by atoms with van der Waals surface area (Å²) >= 11 is 0. The smallest absolute Gasteiger partial charge is 0.251 e. The van der Waals surface area contributed by atoms with E-state index in [1.54, 1.807) is 0 Å². The summed E-state index contributed by atoms with van der Waals surface area (Å²) in [6.45, 7) is 4.03. The lowest BCUT2D eigenvalue weighted by atomic mass is 10.1. The first kappa shape index (κ1) is 13.4. The number of nitrogens with one attached hydrogen (secondary N) is 1. The van der Waals surface area contributed by atoms with E-state index in [0.717, 1.165) is 12.1 Å². The maximum absolute atomic E-state index is 13.2. The monoisotopic (exact) mass is 264 g/mol. The van der Waals surface area contributed by atoms with Gasteiger partial charge < -0.3 is 4.98 Å². The number of halogens is 2. The second-order valence-electron chi connectivity index (χ2n) is 4.81. The Morgan fingerprint density at radius 3 is 2.58 bits per heavy atom. The number of aromatic nitrogens is 2. The molecule has 0 spiro atoms. The van der Waals surface area contributed by atoms with Crippen molar-refractivity contribution in [1.29, 1.82) is 0 Å². The van der Waals surface area contributed by atoms with Crippen LogP contribution in [0.25, 0.3) is 11.4 Å². The normalized spacial score (nSPS) is 11.0. The number of nitrogens with zero attached hydrogens (tertiary/aromatic N) is 1. The molecule has 1 N–H and O–H groups in total. The molecule has 5 heteroatoms. The van der Waals surface area contributed by atoms with Crippen LogP contribution in [0, 0.1) is 17.6 Å². The van der Waals surface area contributed by atoms with Crippen molar-refractivity contribution in [1.82, 2.24) is 9.97 Å². The zero-order valence-corrected chi connectivity index (χ0v) is 10.7. The first-order valence-corrected chi connectivity index (χ1v) is 6.01. The lowest BCUT2D eigenvalue weighted by molar-refractivity contribution is 0.509. The lowest BCUT2D eigenvalue weighted by Gasteiger charge is -2.06. The van der Waals surface area contributed by atoms with Gasteiger partial charge in [-0.3, -0.25) is 4.79 Å². The van der Waals surface area contributed by atoms with Crippen molar-refractivity contribution >= 4 is 0 Å². The summed E-state index contributed by atoms with van der Waals surface area (Å²) in [5, 5.41) is 0. The van der Waals surface area contributed by atoms with Crippen LogP contribution in [0.1, 0.15) is 19.5 Å². The fourth-order valence-electron chi connectivity index (χ4n) is 1.81. The number of benzene rings is 1. The molecule has 1 aromatic heterocycles. The predicted octanol–water partition coefficient (Wildman–Crippen LogP) is 2.91. The molecule has 0 aliphatic rings. The fraction of sp³-hybridized carbons (Fsp3) is 0.286. The molecule has 0 aliphatic heterocycles. The van der Waals surface area contributed by atoms with E-state index in [9.17, 15) is 13.6 Å². The summed E-state index contributed by atoms with van der Waals surface area (Å²) in [7, 11) is 0. The molecule has 2 rings (SSSR count). The zero-order valence-electron chi connectivity index (χ0n) is 10.7. The highest BCUT2D eigenvalue weighted by Crippen LogP contribution is 2.17. The van der Waals surface area contributed by atoms with Crippen LogP contribution >= 0.6 is 0 Å². The molecule has 0 atom stereocenters. The van der Waals surface area contributed by atoms with Crippen LogP contribution in [0.15, 0.2) is 29.1 Å². The van der Waals surface area contributed by atoms with Gasteiger partial charge in [0.25, 0.3) is 5.56 Å². The van der Waals surface area contributed by atoms with E-state index in [2.05, 4.69) is 9.97 Å². The van der Waals surface area contributed by atoms with Crippen molar-refractivity contribution in [3.63, 3.8) is 0 Å². The number of rotatable bonds is 3. The number of aromatic amines is 1. The average Bonchev–Trinajstić information content (AvgIpc) is 2.31. The van der Waals surface area contributed by atoms with E-state index in [1.165, 1.54) is 12.1 Å². The molecule has 1 aromatic carbocycles. The Labute approximate surface area is 109 Å². The highest BCUT2D eigenvalue weighted by molar-refractivity contribution is 5.54. The molecule has 2 aromatic rings. The minimum Gasteiger partial charge on any atom is -0.307 e. The number of hydrogen-bond donors (Lipinski definition) is 1. The Balaban J connectivity index is 2.46. The van der Waals surface area contributed by atoms with Crippen LogP contribution in [0.4, 0.5) is 8.78 Å². The largest absolute Gasteiger partial charge is 0.307 e. The predicted molar refractivity (Wildman–Crippen MR) is 68.8 cm³/mol. The third-order valence-electron chi connectivity index (χ3n) is 2.61. The topological polar surface area (TPSA) is 45.8 Å². The minimum absolute atomic E-state index is 0.252. The van der Waals surface area contributed by atoms with E-state index >= 15 is 0 Å². The van der Waals surface area contributed by atoms with Gasteiger partial charge in [0, 0.05) is 17.3 Å². The van der Waals surface area contributed by atoms with Crippen LogP contribution in [0.2, 0.25) is 0 Å². The van der Waals surface area contributed by atoms with Crippen LogP contribution in [0.3, 0.4) is 0 Å². The molecular weight excluding hydrogens is 250 g/mol. The molecule has 19 heavy (non-hydrogen) atoms. The van der Waals surface area contributed by atoms with Gasteiger partial charge in [0.05, 0.1) is 0 Å². The second-order valence-corrected chi connectivity index (χ2v) is 4.81. The number of H-pyrrole nitrogens is 1. The number of hydrogen-bond acceptors (Lipinski definition) is 2. The van der Waals surface area contributed by atoms with Gasteiger partial charge in [-0.15, -0.1) is 0 Å². The Morgan fingerprint density at radius 2 is 1.95 bits per heavy atom. The Hall–Kier alpha value is -2.04. The van der Waals surface area contributed by atoms with Gasteiger partial charge in [0.15, 0.2) is 11.6 Å². The molecule has 0 saturated carbocycles. The molecule has 0 fully saturated rings. The summed E-state index contributed by atoms with van der Waals surface area (Å²) in [6, 6.07) is 4.84.